The third-order valence-corrected chi connectivity index (χ3v) is 3.79. The van der Waals surface area contributed by atoms with Crippen molar-refractivity contribution in [1.82, 2.24) is 0 Å². The minimum atomic E-state index is 0.557. The van der Waals surface area contributed by atoms with E-state index in [9.17, 15) is 5.26 Å². The first-order valence-corrected chi connectivity index (χ1v) is 7.55. The molecule has 0 saturated carbocycles. The summed E-state index contributed by atoms with van der Waals surface area (Å²) in [5.74, 6) is 0. The Bertz CT molecular complexity index is 773. The molecule has 0 spiro atoms. The van der Waals surface area contributed by atoms with Crippen LogP contribution >= 0.6 is 0 Å². The van der Waals surface area contributed by atoms with Crippen LogP contribution in [0, 0.1) is 25.2 Å². The maximum absolute atomic E-state index is 9.65. The van der Waals surface area contributed by atoms with Gasteiger partial charge in [-0.15, -0.1) is 0 Å². The Morgan fingerprint density at radius 1 is 1.00 bits per heavy atom. The molecule has 0 saturated heterocycles. The van der Waals surface area contributed by atoms with Crippen LogP contribution in [0.1, 0.15) is 23.6 Å². The van der Waals surface area contributed by atoms with E-state index in [0.29, 0.717) is 11.3 Å². The van der Waals surface area contributed by atoms with Crippen LogP contribution in [0.5, 0.6) is 0 Å². The highest BCUT2D eigenvalue weighted by Crippen LogP contribution is 2.23. The third kappa shape index (κ3) is 3.67. The number of benzene rings is 2. The van der Waals surface area contributed by atoms with E-state index in [1.165, 1.54) is 0 Å². The van der Waals surface area contributed by atoms with Gasteiger partial charge in [-0.1, -0.05) is 48.5 Å². The summed E-state index contributed by atoms with van der Waals surface area (Å²) < 4.78 is 0. The summed E-state index contributed by atoms with van der Waals surface area (Å²) in [7, 11) is 1.71. The lowest BCUT2D eigenvalue weighted by Crippen LogP contribution is -2.11. The molecule has 0 atom stereocenters. The smallest absolute Gasteiger partial charge is 0.103 e. The van der Waals surface area contributed by atoms with E-state index >= 15 is 0 Å². The second-order valence-corrected chi connectivity index (χ2v) is 5.44. The molecule has 0 aliphatic heterocycles. The Balaban J connectivity index is 2.46. The van der Waals surface area contributed by atoms with Crippen molar-refractivity contribution in [3.05, 3.63) is 76.5 Å². The molecule has 0 aliphatic rings. The molecule has 0 fully saturated rings. The molecule has 0 aromatic heterocycles. The molecule has 0 bridgehead atoms. The Morgan fingerprint density at radius 2 is 1.61 bits per heavy atom. The third-order valence-electron chi connectivity index (χ3n) is 3.79. The van der Waals surface area contributed by atoms with Crippen molar-refractivity contribution in [2.45, 2.75) is 20.8 Å². The average molecular weight is 303 g/mol. The maximum atomic E-state index is 9.65. The largest absolute Gasteiger partial charge is 0.358 e. The molecule has 3 nitrogen and oxygen atoms in total. The Morgan fingerprint density at radius 3 is 2.13 bits per heavy atom. The normalized spacial score (nSPS) is 12.4. The zero-order valence-electron chi connectivity index (χ0n) is 14.0. The van der Waals surface area contributed by atoms with E-state index in [1.807, 2.05) is 43.3 Å². The SMILES string of the molecule is CN=C(C(C#N)=C(C)Nc1c(C)cccc1C)c1ccccc1. The van der Waals surface area contributed by atoms with Gasteiger partial charge in [-0.2, -0.15) is 5.26 Å². The van der Waals surface area contributed by atoms with E-state index in [2.05, 4.69) is 42.4 Å². The second-order valence-electron chi connectivity index (χ2n) is 5.44. The van der Waals surface area contributed by atoms with Crippen LogP contribution in [0.4, 0.5) is 5.69 Å². The Labute approximate surface area is 138 Å². The lowest BCUT2D eigenvalue weighted by molar-refractivity contribution is 1.27. The van der Waals surface area contributed by atoms with Crippen molar-refractivity contribution in [2.24, 2.45) is 4.99 Å². The predicted octanol–water partition coefficient (Wildman–Crippen LogP) is 4.63. The monoisotopic (exact) mass is 303 g/mol. The number of rotatable bonds is 4. The summed E-state index contributed by atoms with van der Waals surface area (Å²) in [6, 6.07) is 18.2. The standard InChI is InChI=1S/C20H21N3/c1-14-9-8-10-15(2)19(14)23-16(3)18(13-21)20(22-4)17-11-6-5-7-12-17/h5-12,23H,1-4H3. The fourth-order valence-electron chi connectivity index (χ4n) is 2.56. The van der Waals surface area contributed by atoms with Gasteiger partial charge in [-0.25, -0.2) is 0 Å². The van der Waals surface area contributed by atoms with Gasteiger partial charge in [0, 0.05) is 24.0 Å². The second kappa shape index (κ2) is 7.42. The van der Waals surface area contributed by atoms with Gasteiger partial charge in [-0.05, 0) is 31.9 Å². The number of nitrogens with zero attached hydrogens (tertiary/aromatic N) is 2. The highest BCUT2D eigenvalue weighted by atomic mass is 14.9. The number of hydrogen-bond donors (Lipinski definition) is 1. The van der Waals surface area contributed by atoms with Gasteiger partial charge < -0.3 is 5.32 Å². The molecule has 1 N–H and O–H groups in total. The molecule has 2 aromatic carbocycles. The van der Waals surface area contributed by atoms with Crippen LogP contribution in [-0.4, -0.2) is 12.8 Å². The van der Waals surface area contributed by atoms with Gasteiger partial charge in [0.1, 0.15) is 6.07 Å². The fraction of sp³-hybridized carbons (Fsp3) is 0.200. The molecule has 116 valence electrons. The molecule has 0 aliphatic carbocycles. The molecule has 2 aromatic rings. The van der Waals surface area contributed by atoms with Gasteiger partial charge in [0.05, 0.1) is 11.3 Å². The zero-order chi connectivity index (χ0) is 16.8. The summed E-state index contributed by atoms with van der Waals surface area (Å²) in [4.78, 5) is 4.33. The van der Waals surface area contributed by atoms with Gasteiger partial charge >= 0.3 is 0 Å². The molecule has 0 amide bonds. The number of anilines is 1. The summed E-state index contributed by atoms with van der Waals surface area (Å²) in [5, 5.41) is 13.0. The lowest BCUT2D eigenvalue weighted by Gasteiger charge is -2.15. The first kappa shape index (κ1) is 16.5. The molecule has 0 unspecified atom stereocenters. The quantitative estimate of drug-likeness (QED) is 0.661. The van der Waals surface area contributed by atoms with Crippen molar-refractivity contribution in [2.75, 3.05) is 12.4 Å². The predicted molar refractivity (Wildman–Crippen MR) is 96.8 cm³/mol. The first-order valence-electron chi connectivity index (χ1n) is 7.55. The lowest BCUT2D eigenvalue weighted by atomic mass is 10.0. The van der Waals surface area contributed by atoms with Crippen LogP contribution in [-0.2, 0) is 0 Å². The van der Waals surface area contributed by atoms with Crippen LogP contribution in [0.25, 0.3) is 0 Å². The molecule has 2 rings (SSSR count). The molecular formula is C20H21N3. The van der Waals surface area contributed by atoms with E-state index in [4.69, 9.17) is 0 Å². The molecule has 0 radical (unpaired) electrons. The van der Waals surface area contributed by atoms with Crippen molar-refractivity contribution < 1.29 is 0 Å². The number of allylic oxidation sites excluding steroid dienone is 2. The van der Waals surface area contributed by atoms with Crippen LogP contribution in [0.15, 0.2) is 64.8 Å². The van der Waals surface area contributed by atoms with E-state index in [-0.39, 0.29) is 0 Å². The molecule has 3 heteroatoms. The van der Waals surface area contributed by atoms with Gasteiger partial charge in [0.25, 0.3) is 0 Å². The minimum Gasteiger partial charge on any atom is -0.358 e. The summed E-state index contributed by atoms with van der Waals surface area (Å²) >= 11 is 0. The van der Waals surface area contributed by atoms with Crippen molar-refractivity contribution >= 4 is 11.4 Å². The number of nitriles is 1. The highest BCUT2D eigenvalue weighted by Gasteiger charge is 2.13. The number of hydrogen-bond acceptors (Lipinski definition) is 3. The van der Waals surface area contributed by atoms with Crippen LogP contribution in [0.2, 0.25) is 0 Å². The average Bonchev–Trinajstić information content (AvgIpc) is 2.56. The van der Waals surface area contributed by atoms with Crippen LogP contribution in [0.3, 0.4) is 0 Å². The Kier molecular flexibility index (Phi) is 5.32. The molecule has 0 heterocycles. The highest BCUT2D eigenvalue weighted by molar-refractivity contribution is 6.15. The minimum absolute atomic E-state index is 0.557. The topological polar surface area (TPSA) is 48.2 Å². The number of nitrogens with one attached hydrogen (secondary N) is 1. The van der Waals surface area contributed by atoms with Crippen molar-refractivity contribution in [1.29, 1.82) is 5.26 Å². The number of aryl methyl sites for hydroxylation is 2. The molecular weight excluding hydrogens is 282 g/mol. The van der Waals surface area contributed by atoms with Gasteiger partial charge in [-0.3, -0.25) is 4.99 Å². The van der Waals surface area contributed by atoms with Crippen molar-refractivity contribution in [3.63, 3.8) is 0 Å². The van der Waals surface area contributed by atoms with Crippen molar-refractivity contribution in [3.8, 4) is 6.07 Å². The summed E-state index contributed by atoms with van der Waals surface area (Å²) in [6.45, 7) is 6.03. The molecule has 23 heavy (non-hydrogen) atoms. The Hall–Kier alpha value is -2.86. The van der Waals surface area contributed by atoms with E-state index < -0.39 is 0 Å². The van der Waals surface area contributed by atoms with Gasteiger partial charge in [0.15, 0.2) is 0 Å². The van der Waals surface area contributed by atoms with Gasteiger partial charge in [0.2, 0.25) is 0 Å². The fourth-order valence-corrected chi connectivity index (χ4v) is 2.56. The summed E-state index contributed by atoms with van der Waals surface area (Å²) in [5.41, 5.74) is 6.34. The van der Waals surface area contributed by atoms with E-state index in [0.717, 1.165) is 28.1 Å². The number of para-hydroxylation sites is 1. The summed E-state index contributed by atoms with van der Waals surface area (Å²) in [6.07, 6.45) is 0. The number of aliphatic imine (C=N–C) groups is 1. The maximum Gasteiger partial charge on any atom is 0.103 e. The van der Waals surface area contributed by atoms with Crippen LogP contribution < -0.4 is 5.32 Å². The van der Waals surface area contributed by atoms with E-state index in [1.54, 1.807) is 7.05 Å². The zero-order valence-corrected chi connectivity index (χ0v) is 14.0. The first-order chi connectivity index (χ1) is 11.1.